The maximum absolute atomic E-state index is 12.8. The number of rotatable bonds is 3. The van der Waals surface area contributed by atoms with Gasteiger partial charge in [-0.15, -0.1) is 0 Å². The summed E-state index contributed by atoms with van der Waals surface area (Å²) in [6.07, 6.45) is 4.33. The molecule has 32 heavy (non-hydrogen) atoms. The lowest BCUT2D eigenvalue weighted by Crippen LogP contribution is -2.72. The van der Waals surface area contributed by atoms with Crippen molar-refractivity contribution in [1.29, 1.82) is 0 Å². The zero-order chi connectivity index (χ0) is 23.6. The van der Waals surface area contributed by atoms with Gasteiger partial charge in [-0.3, -0.25) is 0 Å². The van der Waals surface area contributed by atoms with Crippen LogP contribution in [0.4, 0.5) is 0 Å². The molecule has 180 valence electrons. The van der Waals surface area contributed by atoms with E-state index in [1.807, 2.05) is 20.8 Å². The average molecular weight is 449 g/mol. The van der Waals surface area contributed by atoms with Crippen LogP contribution < -0.4 is 0 Å². The third-order valence-corrected chi connectivity index (χ3v) is 9.65. The lowest BCUT2D eigenvalue weighted by atomic mass is 9.44. The molecule has 0 heterocycles. The van der Waals surface area contributed by atoms with Gasteiger partial charge in [0.1, 0.15) is 6.10 Å². The van der Waals surface area contributed by atoms with Gasteiger partial charge in [0.25, 0.3) is 0 Å². The standard InChI is InChI=1S/C26H40O6/c1-14(2)12-20(29)32-22-21-19(7-6-16-13-17(28)8-10-24(16,21)4)26(31)11-9-18(15(3)27)25(26,5)23(22)30/h6,12,15,17-19,21-23,27-28,30-31H,7-11,13H2,1-5H3/t15-,17+,18-,19-,21+,22+,23-,24+,25+,26+/m1/s1. The highest BCUT2D eigenvalue weighted by molar-refractivity contribution is 5.82. The van der Waals surface area contributed by atoms with Gasteiger partial charge in [-0.05, 0) is 76.5 Å². The van der Waals surface area contributed by atoms with E-state index < -0.39 is 35.3 Å². The van der Waals surface area contributed by atoms with Crippen LogP contribution in [0.5, 0.6) is 0 Å². The molecule has 0 aromatic rings. The van der Waals surface area contributed by atoms with Crippen LogP contribution in [0.15, 0.2) is 23.3 Å². The lowest BCUT2D eigenvalue weighted by molar-refractivity contribution is -0.274. The Bertz CT molecular complexity index is 828. The van der Waals surface area contributed by atoms with Crippen LogP contribution in [0.1, 0.15) is 73.1 Å². The number of esters is 1. The van der Waals surface area contributed by atoms with Crippen molar-refractivity contribution in [2.45, 2.75) is 103 Å². The summed E-state index contributed by atoms with van der Waals surface area (Å²) in [4.78, 5) is 12.8. The normalized spacial score (nSPS) is 48.6. The summed E-state index contributed by atoms with van der Waals surface area (Å²) in [5, 5.41) is 44.9. The molecule has 0 aromatic heterocycles. The molecule has 3 saturated carbocycles. The zero-order valence-electron chi connectivity index (χ0n) is 20.0. The first-order valence-electron chi connectivity index (χ1n) is 12.2. The molecule has 0 bridgehead atoms. The van der Waals surface area contributed by atoms with E-state index in [1.165, 1.54) is 6.08 Å². The van der Waals surface area contributed by atoms with Gasteiger partial charge in [-0.25, -0.2) is 4.79 Å². The molecule has 0 radical (unpaired) electrons. The SMILES string of the molecule is CC(C)=CC(=O)O[C@H]1[C@@H]2[C@@H](CC=C3C[C@@H](O)CC[C@@]32C)[C@@]2(O)CC[C@H]([C@@H](C)O)[C@@]2(C)[C@@H]1O. The summed E-state index contributed by atoms with van der Waals surface area (Å²) >= 11 is 0. The molecule has 0 aromatic carbocycles. The zero-order valence-corrected chi connectivity index (χ0v) is 20.0. The molecule has 0 amide bonds. The smallest absolute Gasteiger partial charge is 0.331 e. The Labute approximate surface area is 191 Å². The van der Waals surface area contributed by atoms with Gasteiger partial charge in [0.15, 0.2) is 0 Å². The maximum Gasteiger partial charge on any atom is 0.331 e. The predicted molar refractivity (Wildman–Crippen MR) is 120 cm³/mol. The van der Waals surface area contributed by atoms with E-state index in [1.54, 1.807) is 6.92 Å². The fourth-order valence-corrected chi connectivity index (χ4v) is 8.00. The Balaban J connectivity index is 1.84. The van der Waals surface area contributed by atoms with Crippen LogP contribution in [-0.2, 0) is 9.53 Å². The van der Waals surface area contributed by atoms with Crippen LogP contribution in [-0.4, -0.2) is 56.4 Å². The molecule has 0 unspecified atom stereocenters. The van der Waals surface area contributed by atoms with E-state index in [-0.39, 0.29) is 29.3 Å². The first kappa shape index (κ1) is 23.9. The number of hydrogen-bond donors (Lipinski definition) is 4. The Morgan fingerprint density at radius 2 is 1.91 bits per heavy atom. The molecule has 4 aliphatic carbocycles. The Hall–Kier alpha value is -1.21. The number of hydrogen-bond acceptors (Lipinski definition) is 6. The van der Waals surface area contributed by atoms with Crippen molar-refractivity contribution in [1.82, 2.24) is 0 Å². The second kappa shape index (κ2) is 7.93. The number of carbonyl (C=O) groups is 1. The van der Waals surface area contributed by atoms with Gasteiger partial charge < -0.3 is 25.2 Å². The summed E-state index contributed by atoms with van der Waals surface area (Å²) < 4.78 is 6.02. The van der Waals surface area contributed by atoms with E-state index in [2.05, 4.69) is 13.0 Å². The average Bonchev–Trinajstić information content (AvgIpc) is 2.98. The van der Waals surface area contributed by atoms with E-state index in [9.17, 15) is 25.2 Å². The minimum Gasteiger partial charge on any atom is -0.456 e. The molecule has 6 heteroatoms. The third kappa shape index (κ3) is 3.24. The quantitative estimate of drug-likeness (QED) is 0.300. The minimum absolute atomic E-state index is 0.201. The first-order chi connectivity index (χ1) is 14.9. The van der Waals surface area contributed by atoms with Gasteiger partial charge in [0.2, 0.25) is 0 Å². The van der Waals surface area contributed by atoms with Crippen molar-refractivity contribution in [3.05, 3.63) is 23.3 Å². The molecule has 0 spiro atoms. The van der Waals surface area contributed by atoms with E-state index >= 15 is 0 Å². The maximum atomic E-state index is 12.8. The largest absolute Gasteiger partial charge is 0.456 e. The van der Waals surface area contributed by atoms with Crippen LogP contribution >= 0.6 is 0 Å². The Kier molecular flexibility index (Phi) is 5.93. The highest BCUT2D eigenvalue weighted by Gasteiger charge is 2.73. The van der Waals surface area contributed by atoms with Crippen molar-refractivity contribution >= 4 is 5.97 Å². The molecule has 4 N–H and O–H groups in total. The van der Waals surface area contributed by atoms with Gasteiger partial charge >= 0.3 is 5.97 Å². The van der Waals surface area contributed by atoms with E-state index in [0.717, 1.165) is 17.6 Å². The molecular formula is C26H40O6. The van der Waals surface area contributed by atoms with Gasteiger partial charge in [-0.1, -0.05) is 31.1 Å². The van der Waals surface area contributed by atoms with Crippen LogP contribution in [0.25, 0.3) is 0 Å². The van der Waals surface area contributed by atoms with Crippen molar-refractivity contribution in [2.75, 3.05) is 0 Å². The molecule has 4 aliphatic rings. The number of aliphatic hydroxyl groups excluding tert-OH is 3. The molecule has 6 nitrogen and oxygen atoms in total. The topological polar surface area (TPSA) is 107 Å². The summed E-state index contributed by atoms with van der Waals surface area (Å²) in [6.45, 7) is 9.38. The van der Waals surface area contributed by atoms with E-state index in [4.69, 9.17) is 4.74 Å². The van der Waals surface area contributed by atoms with Gasteiger partial charge in [0, 0.05) is 17.4 Å². The second-order valence-electron chi connectivity index (χ2n) is 11.6. The molecule has 3 fully saturated rings. The molecular weight excluding hydrogens is 408 g/mol. The van der Waals surface area contributed by atoms with Gasteiger partial charge in [0.05, 0.1) is 23.9 Å². The Morgan fingerprint density at radius 3 is 2.53 bits per heavy atom. The molecule has 10 atom stereocenters. The minimum atomic E-state index is -1.17. The molecule has 0 aliphatic heterocycles. The van der Waals surface area contributed by atoms with E-state index in [0.29, 0.717) is 32.1 Å². The highest BCUT2D eigenvalue weighted by atomic mass is 16.6. The Morgan fingerprint density at radius 1 is 1.22 bits per heavy atom. The molecule has 0 saturated heterocycles. The lowest BCUT2D eigenvalue weighted by Gasteiger charge is -2.64. The predicted octanol–water partition coefficient (Wildman–Crippen LogP) is 2.88. The summed E-state index contributed by atoms with van der Waals surface area (Å²) in [5.74, 6) is -1.23. The van der Waals surface area contributed by atoms with Crippen LogP contribution in [0.2, 0.25) is 0 Å². The van der Waals surface area contributed by atoms with Crippen molar-refractivity contribution in [3.8, 4) is 0 Å². The van der Waals surface area contributed by atoms with Crippen LogP contribution in [0.3, 0.4) is 0 Å². The number of ether oxygens (including phenoxy) is 1. The van der Waals surface area contributed by atoms with Crippen molar-refractivity contribution in [2.24, 2.45) is 28.6 Å². The highest BCUT2D eigenvalue weighted by Crippen LogP contribution is 2.68. The molecule has 4 rings (SSSR count). The monoisotopic (exact) mass is 448 g/mol. The van der Waals surface area contributed by atoms with Crippen LogP contribution in [0, 0.1) is 28.6 Å². The van der Waals surface area contributed by atoms with Gasteiger partial charge in [-0.2, -0.15) is 0 Å². The summed E-state index contributed by atoms with van der Waals surface area (Å²) in [5.41, 5.74) is -0.573. The summed E-state index contributed by atoms with van der Waals surface area (Å²) in [7, 11) is 0. The fourth-order valence-electron chi connectivity index (χ4n) is 8.00. The summed E-state index contributed by atoms with van der Waals surface area (Å²) in [6, 6.07) is 0. The van der Waals surface area contributed by atoms with Crippen molar-refractivity contribution in [3.63, 3.8) is 0 Å². The fraction of sp³-hybridized carbons (Fsp3) is 0.808. The third-order valence-electron chi connectivity index (χ3n) is 9.65. The number of carbonyl (C=O) groups excluding carboxylic acids is 1. The first-order valence-corrected chi connectivity index (χ1v) is 12.2. The second-order valence-corrected chi connectivity index (χ2v) is 11.6. The number of allylic oxidation sites excluding steroid dienone is 2. The number of aliphatic hydroxyl groups is 4. The van der Waals surface area contributed by atoms with Crippen molar-refractivity contribution < 1.29 is 30.0 Å². The number of fused-ring (bicyclic) bond motifs is 5.